The third-order valence-corrected chi connectivity index (χ3v) is 3.65. The number of nitrogens with zero attached hydrogens (tertiary/aromatic N) is 3. The van der Waals surface area contributed by atoms with Gasteiger partial charge in [0.15, 0.2) is 0 Å². The fourth-order valence-electron chi connectivity index (χ4n) is 2.57. The molecular weight excluding hydrogens is 250 g/mol. The summed E-state index contributed by atoms with van der Waals surface area (Å²) >= 11 is 0. The van der Waals surface area contributed by atoms with E-state index in [1.54, 1.807) is 17.0 Å². The smallest absolute Gasteiger partial charge is 0.295 e. The van der Waals surface area contributed by atoms with Crippen LogP contribution in [0.15, 0.2) is 53.6 Å². The van der Waals surface area contributed by atoms with Crippen molar-refractivity contribution < 1.29 is 0 Å². The quantitative estimate of drug-likeness (QED) is 0.728. The molecule has 0 saturated heterocycles. The Hall–Kier alpha value is -2.36. The van der Waals surface area contributed by atoms with Gasteiger partial charge < -0.3 is 0 Å². The number of rotatable bonds is 4. The number of aromatic nitrogens is 3. The highest BCUT2D eigenvalue weighted by atomic mass is 16.1. The number of pyridine rings is 1. The molecule has 0 bridgehead atoms. The molecule has 0 fully saturated rings. The largest absolute Gasteiger partial charge is 0.328 e. The molecule has 2 aromatic heterocycles. The molecule has 0 unspecified atom stereocenters. The summed E-state index contributed by atoms with van der Waals surface area (Å²) < 4.78 is 3.57. The fourth-order valence-corrected chi connectivity index (χ4v) is 2.57. The van der Waals surface area contributed by atoms with E-state index >= 15 is 0 Å². The molecule has 4 nitrogen and oxygen atoms in total. The molecule has 0 aliphatic rings. The van der Waals surface area contributed by atoms with Crippen molar-refractivity contribution >= 4 is 11.0 Å². The predicted octanol–water partition coefficient (Wildman–Crippen LogP) is 2.37. The third-order valence-electron chi connectivity index (χ3n) is 3.65. The Morgan fingerprint density at radius 3 is 2.50 bits per heavy atom. The summed E-state index contributed by atoms with van der Waals surface area (Å²) in [7, 11) is 1.82. The second-order valence-electron chi connectivity index (χ2n) is 4.94. The first kappa shape index (κ1) is 12.7. The van der Waals surface area contributed by atoms with E-state index in [-0.39, 0.29) is 5.69 Å². The standard InChI is InChI=1S/C16H17N3O/c1-18-14-6-2-3-7-15(14)19(16(18)20)12-4-5-13-8-10-17-11-9-13/h2-3,6-11H,4-5,12H2,1H3. The molecule has 3 rings (SSSR count). The second-order valence-corrected chi connectivity index (χ2v) is 4.94. The maximum absolute atomic E-state index is 12.2. The molecule has 0 aliphatic carbocycles. The predicted molar refractivity (Wildman–Crippen MR) is 79.7 cm³/mol. The molecule has 0 spiro atoms. The number of fused-ring (bicyclic) bond motifs is 1. The van der Waals surface area contributed by atoms with Gasteiger partial charge in [-0.2, -0.15) is 0 Å². The van der Waals surface area contributed by atoms with Crippen molar-refractivity contribution in [3.63, 3.8) is 0 Å². The van der Waals surface area contributed by atoms with E-state index in [9.17, 15) is 4.79 Å². The van der Waals surface area contributed by atoms with Crippen LogP contribution in [-0.4, -0.2) is 14.1 Å². The van der Waals surface area contributed by atoms with E-state index in [1.807, 2.05) is 48.0 Å². The van der Waals surface area contributed by atoms with Crippen molar-refractivity contribution in [2.45, 2.75) is 19.4 Å². The highest BCUT2D eigenvalue weighted by Gasteiger charge is 2.09. The van der Waals surface area contributed by atoms with E-state index in [0.717, 1.165) is 30.4 Å². The van der Waals surface area contributed by atoms with Crippen LogP contribution in [0.5, 0.6) is 0 Å². The number of para-hydroxylation sites is 2. The highest BCUT2D eigenvalue weighted by molar-refractivity contribution is 5.75. The van der Waals surface area contributed by atoms with Crippen molar-refractivity contribution in [1.29, 1.82) is 0 Å². The average molecular weight is 267 g/mol. The van der Waals surface area contributed by atoms with Crippen LogP contribution >= 0.6 is 0 Å². The van der Waals surface area contributed by atoms with Crippen molar-refractivity contribution in [3.8, 4) is 0 Å². The van der Waals surface area contributed by atoms with Crippen LogP contribution in [0.2, 0.25) is 0 Å². The number of imidazole rings is 1. The molecule has 0 amide bonds. The van der Waals surface area contributed by atoms with Gasteiger partial charge in [0.25, 0.3) is 0 Å². The second kappa shape index (κ2) is 5.33. The molecule has 20 heavy (non-hydrogen) atoms. The van der Waals surface area contributed by atoms with Crippen molar-refractivity contribution in [3.05, 3.63) is 64.8 Å². The van der Waals surface area contributed by atoms with Gasteiger partial charge in [0, 0.05) is 26.0 Å². The lowest BCUT2D eigenvalue weighted by molar-refractivity contribution is 0.623. The van der Waals surface area contributed by atoms with Gasteiger partial charge in [0.05, 0.1) is 11.0 Å². The first-order chi connectivity index (χ1) is 9.77. The van der Waals surface area contributed by atoms with E-state index in [4.69, 9.17) is 0 Å². The maximum Gasteiger partial charge on any atom is 0.328 e. The first-order valence-corrected chi connectivity index (χ1v) is 6.80. The maximum atomic E-state index is 12.2. The molecule has 0 radical (unpaired) electrons. The summed E-state index contributed by atoms with van der Waals surface area (Å²) in [5.41, 5.74) is 3.31. The lowest BCUT2D eigenvalue weighted by atomic mass is 10.1. The Morgan fingerprint density at radius 1 is 1.05 bits per heavy atom. The molecule has 102 valence electrons. The Balaban J connectivity index is 1.81. The van der Waals surface area contributed by atoms with Gasteiger partial charge in [-0.1, -0.05) is 12.1 Å². The minimum atomic E-state index is 0.0564. The summed E-state index contributed by atoms with van der Waals surface area (Å²) in [4.78, 5) is 16.3. The van der Waals surface area contributed by atoms with Crippen molar-refractivity contribution in [2.75, 3.05) is 0 Å². The molecule has 1 aromatic carbocycles. The van der Waals surface area contributed by atoms with Gasteiger partial charge in [-0.05, 0) is 42.7 Å². The Labute approximate surface area is 117 Å². The number of aryl methyl sites for hydroxylation is 3. The highest BCUT2D eigenvalue weighted by Crippen LogP contribution is 2.12. The van der Waals surface area contributed by atoms with Crippen LogP contribution < -0.4 is 5.69 Å². The van der Waals surface area contributed by atoms with Crippen LogP contribution in [0.4, 0.5) is 0 Å². The van der Waals surface area contributed by atoms with E-state index < -0.39 is 0 Å². The lowest BCUT2D eigenvalue weighted by Crippen LogP contribution is -2.22. The number of hydrogen-bond acceptors (Lipinski definition) is 2. The summed E-state index contributed by atoms with van der Waals surface area (Å²) in [5, 5.41) is 0. The third kappa shape index (κ3) is 2.25. The summed E-state index contributed by atoms with van der Waals surface area (Å²) in [6, 6.07) is 12.0. The summed E-state index contributed by atoms with van der Waals surface area (Å²) in [5.74, 6) is 0. The summed E-state index contributed by atoms with van der Waals surface area (Å²) in [6.07, 6.45) is 5.51. The zero-order chi connectivity index (χ0) is 13.9. The molecule has 0 aliphatic heterocycles. The van der Waals surface area contributed by atoms with Crippen molar-refractivity contribution in [2.24, 2.45) is 7.05 Å². The normalized spacial score (nSPS) is 11.1. The Morgan fingerprint density at radius 2 is 1.75 bits per heavy atom. The Bertz CT molecular complexity index is 771. The van der Waals surface area contributed by atoms with Gasteiger partial charge in [0.1, 0.15) is 0 Å². The Kier molecular flexibility index (Phi) is 3.37. The van der Waals surface area contributed by atoms with Gasteiger partial charge in [-0.3, -0.25) is 14.1 Å². The van der Waals surface area contributed by atoms with E-state index in [2.05, 4.69) is 4.98 Å². The van der Waals surface area contributed by atoms with Crippen LogP contribution in [-0.2, 0) is 20.0 Å². The zero-order valence-electron chi connectivity index (χ0n) is 11.5. The number of hydrogen-bond donors (Lipinski definition) is 0. The van der Waals surface area contributed by atoms with Crippen LogP contribution in [0.1, 0.15) is 12.0 Å². The molecule has 4 heteroatoms. The minimum Gasteiger partial charge on any atom is -0.295 e. The molecule has 3 aromatic rings. The van der Waals surface area contributed by atoms with Crippen LogP contribution in [0.3, 0.4) is 0 Å². The topological polar surface area (TPSA) is 39.8 Å². The molecular formula is C16H17N3O. The molecule has 0 saturated carbocycles. The van der Waals surface area contributed by atoms with Gasteiger partial charge in [-0.15, -0.1) is 0 Å². The van der Waals surface area contributed by atoms with E-state index in [1.165, 1.54) is 5.56 Å². The lowest BCUT2D eigenvalue weighted by Gasteiger charge is -2.03. The van der Waals surface area contributed by atoms with Crippen LogP contribution in [0.25, 0.3) is 11.0 Å². The number of benzene rings is 1. The van der Waals surface area contributed by atoms with Crippen LogP contribution in [0, 0.1) is 0 Å². The zero-order valence-corrected chi connectivity index (χ0v) is 11.5. The average Bonchev–Trinajstić information content (AvgIpc) is 2.74. The monoisotopic (exact) mass is 267 g/mol. The van der Waals surface area contributed by atoms with Crippen molar-refractivity contribution in [1.82, 2.24) is 14.1 Å². The molecule has 0 N–H and O–H groups in total. The molecule has 2 heterocycles. The van der Waals surface area contributed by atoms with Gasteiger partial charge in [-0.25, -0.2) is 4.79 Å². The van der Waals surface area contributed by atoms with E-state index in [0.29, 0.717) is 0 Å². The van der Waals surface area contributed by atoms with Gasteiger partial charge >= 0.3 is 5.69 Å². The first-order valence-electron chi connectivity index (χ1n) is 6.80. The molecule has 0 atom stereocenters. The SMILES string of the molecule is Cn1c(=O)n(CCCc2ccncc2)c2ccccc21. The van der Waals surface area contributed by atoms with Gasteiger partial charge in [0.2, 0.25) is 0 Å². The fraction of sp³-hybridized carbons (Fsp3) is 0.250. The minimum absolute atomic E-state index is 0.0564. The summed E-state index contributed by atoms with van der Waals surface area (Å²) in [6.45, 7) is 0.739.